The highest BCUT2D eigenvalue weighted by molar-refractivity contribution is 6.05. The van der Waals surface area contributed by atoms with Crippen molar-refractivity contribution in [3.05, 3.63) is 29.3 Å². The zero-order valence-electron chi connectivity index (χ0n) is 10.6. The van der Waals surface area contributed by atoms with Crippen molar-refractivity contribution >= 4 is 17.6 Å². The molecule has 0 unspecified atom stereocenters. The van der Waals surface area contributed by atoms with Crippen LogP contribution >= 0.6 is 0 Å². The molecule has 98 valence electrons. The minimum Gasteiger partial charge on any atom is -0.447 e. The highest BCUT2D eigenvalue weighted by atomic mass is 16.6. The third-order valence-electron chi connectivity index (χ3n) is 2.22. The second-order valence-electron chi connectivity index (χ2n) is 4.06. The summed E-state index contributed by atoms with van der Waals surface area (Å²) in [5.41, 5.74) is 7.28. The van der Waals surface area contributed by atoms with Crippen LogP contribution in [0.25, 0.3) is 0 Å². The van der Waals surface area contributed by atoms with Crippen molar-refractivity contribution < 1.29 is 14.7 Å². The van der Waals surface area contributed by atoms with Gasteiger partial charge in [-0.3, -0.25) is 5.32 Å². The van der Waals surface area contributed by atoms with E-state index in [4.69, 9.17) is 15.7 Å². The van der Waals surface area contributed by atoms with Gasteiger partial charge in [-0.25, -0.2) is 4.79 Å². The van der Waals surface area contributed by atoms with Gasteiger partial charge in [0.25, 0.3) is 0 Å². The molecule has 1 amide bonds. The molecule has 0 radical (unpaired) electrons. The smallest absolute Gasteiger partial charge is 0.411 e. The number of amidine groups is 1. The lowest BCUT2D eigenvalue weighted by atomic mass is 10.1. The molecule has 0 aliphatic rings. The van der Waals surface area contributed by atoms with Gasteiger partial charge in [0.05, 0.1) is 11.8 Å². The number of nitrogens with zero attached hydrogens (tertiary/aromatic N) is 1. The molecule has 0 atom stereocenters. The van der Waals surface area contributed by atoms with E-state index in [2.05, 4.69) is 10.5 Å². The van der Waals surface area contributed by atoms with Crippen LogP contribution in [0.1, 0.15) is 25.0 Å². The Morgan fingerprint density at radius 2 is 2.17 bits per heavy atom. The van der Waals surface area contributed by atoms with E-state index in [0.717, 1.165) is 5.56 Å². The fraction of sp³-hybridized carbons (Fsp3) is 0.333. The van der Waals surface area contributed by atoms with Gasteiger partial charge < -0.3 is 15.7 Å². The number of anilines is 1. The molecule has 1 aromatic rings. The summed E-state index contributed by atoms with van der Waals surface area (Å²) in [5, 5.41) is 14.3. The number of aryl methyl sites for hydroxylation is 1. The van der Waals surface area contributed by atoms with Gasteiger partial charge in [0.15, 0.2) is 5.84 Å². The zero-order valence-corrected chi connectivity index (χ0v) is 10.6. The lowest BCUT2D eigenvalue weighted by Crippen LogP contribution is -2.22. The van der Waals surface area contributed by atoms with Crippen molar-refractivity contribution in [1.82, 2.24) is 0 Å². The van der Waals surface area contributed by atoms with Gasteiger partial charge in [0.2, 0.25) is 0 Å². The molecule has 1 rings (SSSR count). The van der Waals surface area contributed by atoms with E-state index in [1.807, 2.05) is 0 Å². The van der Waals surface area contributed by atoms with Gasteiger partial charge in [0.1, 0.15) is 0 Å². The van der Waals surface area contributed by atoms with E-state index in [0.29, 0.717) is 11.3 Å². The van der Waals surface area contributed by atoms with Crippen LogP contribution in [0, 0.1) is 6.92 Å². The fourth-order valence-corrected chi connectivity index (χ4v) is 1.52. The Kier molecular flexibility index (Phi) is 4.53. The maximum Gasteiger partial charge on any atom is 0.411 e. The van der Waals surface area contributed by atoms with Crippen molar-refractivity contribution in [3.8, 4) is 0 Å². The summed E-state index contributed by atoms with van der Waals surface area (Å²) >= 11 is 0. The zero-order chi connectivity index (χ0) is 13.7. The molecule has 6 heteroatoms. The Morgan fingerprint density at radius 3 is 2.72 bits per heavy atom. The van der Waals surface area contributed by atoms with E-state index >= 15 is 0 Å². The number of nitrogens with two attached hydrogens (primary N) is 1. The summed E-state index contributed by atoms with van der Waals surface area (Å²) < 4.78 is 4.97. The van der Waals surface area contributed by atoms with Crippen molar-refractivity contribution in [1.29, 1.82) is 0 Å². The number of hydrogen-bond acceptors (Lipinski definition) is 4. The Bertz CT molecular complexity index is 470. The predicted molar refractivity (Wildman–Crippen MR) is 68.9 cm³/mol. The number of amides is 1. The Labute approximate surface area is 105 Å². The number of nitrogens with one attached hydrogen (secondary N) is 1. The molecule has 0 aliphatic carbocycles. The molecule has 0 spiro atoms. The van der Waals surface area contributed by atoms with Gasteiger partial charge >= 0.3 is 6.09 Å². The topological polar surface area (TPSA) is 96.9 Å². The minimum absolute atomic E-state index is 0.0621. The largest absolute Gasteiger partial charge is 0.447 e. The monoisotopic (exact) mass is 251 g/mol. The summed E-state index contributed by atoms with van der Waals surface area (Å²) in [6, 6.07) is 5.21. The quantitative estimate of drug-likeness (QED) is 0.331. The van der Waals surface area contributed by atoms with E-state index < -0.39 is 6.09 Å². The molecular weight excluding hydrogens is 234 g/mol. The van der Waals surface area contributed by atoms with E-state index in [1.165, 1.54) is 0 Å². The van der Waals surface area contributed by atoms with Crippen molar-refractivity contribution in [2.45, 2.75) is 26.9 Å². The van der Waals surface area contributed by atoms with Crippen LogP contribution in [-0.2, 0) is 4.74 Å². The molecule has 0 aromatic heterocycles. The van der Waals surface area contributed by atoms with Crippen LogP contribution in [-0.4, -0.2) is 23.2 Å². The fourth-order valence-electron chi connectivity index (χ4n) is 1.52. The maximum atomic E-state index is 11.5. The molecular formula is C12H17N3O3. The molecule has 0 fully saturated rings. The van der Waals surface area contributed by atoms with E-state index in [1.54, 1.807) is 39.0 Å². The van der Waals surface area contributed by atoms with Crippen LogP contribution in [0.3, 0.4) is 0 Å². The third kappa shape index (κ3) is 3.38. The van der Waals surface area contributed by atoms with Crippen molar-refractivity contribution in [3.63, 3.8) is 0 Å². The van der Waals surface area contributed by atoms with Gasteiger partial charge in [-0.1, -0.05) is 17.3 Å². The first-order valence-corrected chi connectivity index (χ1v) is 5.50. The summed E-state index contributed by atoms with van der Waals surface area (Å²) in [5.74, 6) is -0.0621. The Balaban J connectivity index is 3.02. The van der Waals surface area contributed by atoms with Crippen LogP contribution in [0.2, 0.25) is 0 Å². The maximum absolute atomic E-state index is 11.5. The second-order valence-corrected chi connectivity index (χ2v) is 4.06. The number of carbonyl (C=O) groups is 1. The SMILES string of the molecule is Cc1cccc(NC(=O)OC(C)C)c1/C(N)=N/O. The first-order chi connectivity index (χ1) is 8.45. The highest BCUT2D eigenvalue weighted by Gasteiger charge is 2.13. The van der Waals surface area contributed by atoms with Crippen LogP contribution in [0.15, 0.2) is 23.4 Å². The summed E-state index contributed by atoms with van der Waals surface area (Å²) in [4.78, 5) is 11.5. The molecule has 0 aliphatic heterocycles. The van der Waals surface area contributed by atoms with Crippen LogP contribution in [0.5, 0.6) is 0 Å². The first kappa shape index (κ1) is 13.8. The van der Waals surface area contributed by atoms with Crippen LogP contribution in [0.4, 0.5) is 10.5 Å². The average molecular weight is 251 g/mol. The third-order valence-corrected chi connectivity index (χ3v) is 2.22. The molecule has 4 N–H and O–H groups in total. The van der Waals surface area contributed by atoms with E-state index in [9.17, 15) is 4.79 Å². The summed E-state index contributed by atoms with van der Waals surface area (Å²) in [7, 11) is 0. The van der Waals surface area contributed by atoms with Gasteiger partial charge in [-0.15, -0.1) is 0 Å². The summed E-state index contributed by atoms with van der Waals surface area (Å²) in [6.45, 7) is 5.30. The van der Waals surface area contributed by atoms with Crippen molar-refractivity contribution in [2.24, 2.45) is 10.9 Å². The van der Waals surface area contributed by atoms with E-state index in [-0.39, 0.29) is 11.9 Å². The number of benzene rings is 1. The standard InChI is InChI=1S/C12H17N3O3/c1-7(2)18-12(16)14-9-6-4-5-8(3)10(9)11(13)15-17/h4-7,17H,1-3H3,(H2,13,15)(H,14,16). The predicted octanol–water partition coefficient (Wildman–Crippen LogP) is 2.05. The highest BCUT2D eigenvalue weighted by Crippen LogP contribution is 2.19. The lowest BCUT2D eigenvalue weighted by molar-refractivity contribution is 0.130. The molecule has 6 nitrogen and oxygen atoms in total. The number of carbonyl (C=O) groups excluding carboxylic acids is 1. The first-order valence-electron chi connectivity index (χ1n) is 5.50. The van der Waals surface area contributed by atoms with Gasteiger partial charge in [-0.2, -0.15) is 0 Å². The van der Waals surface area contributed by atoms with Gasteiger partial charge in [-0.05, 0) is 32.4 Å². The molecule has 0 saturated heterocycles. The Hall–Kier alpha value is -2.24. The molecule has 0 saturated carbocycles. The molecule has 18 heavy (non-hydrogen) atoms. The second kappa shape index (κ2) is 5.90. The number of rotatable bonds is 3. The normalized spacial score (nSPS) is 11.4. The minimum atomic E-state index is -0.581. The van der Waals surface area contributed by atoms with Crippen molar-refractivity contribution in [2.75, 3.05) is 5.32 Å². The number of hydrogen-bond donors (Lipinski definition) is 3. The molecule has 0 bridgehead atoms. The number of oxime groups is 1. The molecule has 1 aromatic carbocycles. The van der Waals surface area contributed by atoms with Crippen LogP contribution < -0.4 is 11.1 Å². The lowest BCUT2D eigenvalue weighted by Gasteiger charge is -2.13. The average Bonchev–Trinajstić information content (AvgIpc) is 2.27. The molecule has 0 heterocycles. The number of ether oxygens (including phenoxy) is 1. The van der Waals surface area contributed by atoms with Gasteiger partial charge in [0, 0.05) is 5.56 Å². The summed E-state index contributed by atoms with van der Waals surface area (Å²) in [6.07, 6.45) is -0.801. The Morgan fingerprint density at radius 1 is 1.50 bits per heavy atom.